The normalized spacial score (nSPS) is 18.4. The molecule has 114 valence electrons. The van der Waals surface area contributed by atoms with Gasteiger partial charge in [-0.15, -0.1) is 0 Å². The zero-order valence-corrected chi connectivity index (χ0v) is 12.8. The number of nitrogens with zero attached hydrogens (tertiary/aromatic N) is 2. The first-order valence-electron chi connectivity index (χ1n) is 7.45. The van der Waals surface area contributed by atoms with Crippen molar-refractivity contribution in [2.75, 3.05) is 38.7 Å². The Bertz CT molecular complexity index is 494. The van der Waals surface area contributed by atoms with Crippen LogP contribution in [0.4, 0.5) is 5.69 Å². The maximum atomic E-state index is 12.1. The highest BCUT2D eigenvalue weighted by molar-refractivity contribution is 5.92. The SMILES string of the molecule is CN(C)c1ccc(/C=C/C(=O)N2CCC(CCO)C2)cc1. The van der Waals surface area contributed by atoms with E-state index in [0.717, 1.165) is 37.2 Å². The van der Waals surface area contributed by atoms with Crippen molar-refractivity contribution < 1.29 is 9.90 Å². The van der Waals surface area contributed by atoms with Gasteiger partial charge in [-0.3, -0.25) is 4.79 Å². The van der Waals surface area contributed by atoms with E-state index >= 15 is 0 Å². The minimum absolute atomic E-state index is 0.0622. The minimum Gasteiger partial charge on any atom is -0.396 e. The van der Waals surface area contributed by atoms with Crippen LogP contribution < -0.4 is 4.90 Å². The number of hydrogen-bond donors (Lipinski definition) is 1. The molecule has 1 aliphatic rings. The molecule has 4 nitrogen and oxygen atoms in total. The predicted octanol–water partition coefficient (Wildman–Crippen LogP) is 2.00. The molecule has 1 fully saturated rings. The zero-order valence-electron chi connectivity index (χ0n) is 12.8. The number of rotatable bonds is 5. The summed E-state index contributed by atoms with van der Waals surface area (Å²) in [4.78, 5) is 16.0. The number of benzene rings is 1. The fourth-order valence-corrected chi connectivity index (χ4v) is 2.61. The van der Waals surface area contributed by atoms with E-state index in [9.17, 15) is 4.79 Å². The Labute approximate surface area is 126 Å². The summed E-state index contributed by atoms with van der Waals surface area (Å²) >= 11 is 0. The van der Waals surface area contributed by atoms with Crippen molar-refractivity contribution in [2.24, 2.45) is 5.92 Å². The fraction of sp³-hybridized carbons (Fsp3) is 0.471. The second-order valence-corrected chi connectivity index (χ2v) is 5.77. The molecule has 1 saturated heterocycles. The number of amides is 1. The molecule has 1 aromatic carbocycles. The van der Waals surface area contributed by atoms with Crippen LogP contribution in [0.15, 0.2) is 30.3 Å². The van der Waals surface area contributed by atoms with Crippen molar-refractivity contribution in [3.8, 4) is 0 Å². The number of hydrogen-bond acceptors (Lipinski definition) is 3. The van der Waals surface area contributed by atoms with Gasteiger partial charge >= 0.3 is 0 Å². The Morgan fingerprint density at radius 2 is 2.10 bits per heavy atom. The van der Waals surface area contributed by atoms with Crippen LogP contribution in [0.3, 0.4) is 0 Å². The molecule has 1 unspecified atom stereocenters. The molecular weight excluding hydrogens is 264 g/mol. The molecule has 0 saturated carbocycles. The zero-order chi connectivity index (χ0) is 15.2. The summed E-state index contributed by atoms with van der Waals surface area (Å²) in [5.41, 5.74) is 2.17. The van der Waals surface area contributed by atoms with E-state index in [1.807, 2.05) is 54.2 Å². The van der Waals surface area contributed by atoms with Crippen molar-refractivity contribution in [3.63, 3.8) is 0 Å². The standard InChI is InChI=1S/C17H24N2O2/c1-18(2)16-6-3-14(4-7-16)5-8-17(21)19-11-9-15(13-19)10-12-20/h3-8,15,20H,9-13H2,1-2H3/b8-5+. The van der Waals surface area contributed by atoms with Gasteiger partial charge in [0.25, 0.3) is 0 Å². The molecule has 1 aromatic rings. The third-order valence-electron chi connectivity index (χ3n) is 3.96. The minimum atomic E-state index is 0.0622. The fourth-order valence-electron chi connectivity index (χ4n) is 2.61. The van der Waals surface area contributed by atoms with E-state index in [4.69, 9.17) is 5.11 Å². The lowest BCUT2D eigenvalue weighted by Crippen LogP contribution is -2.26. The number of carbonyl (C=O) groups excluding carboxylic acids is 1. The lowest BCUT2D eigenvalue weighted by atomic mass is 10.1. The van der Waals surface area contributed by atoms with Crippen LogP contribution in [0.25, 0.3) is 6.08 Å². The van der Waals surface area contributed by atoms with Gasteiger partial charge in [-0.25, -0.2) is 0 Å². The molecule has 21 heavy (non-hydrogen) atoms. The van der Waals surface area contributed by atoms with Gasteiger partial charge in [-0.05, 0) is 42.5 Å². The number of carbonyl (C=O) groups is 1. The monoisotopic (exact) mass is 288 g/mol. The molecule has 0 aromatic heterocycles. The Morgan fingerprint density at radius 1 is 1.38 bits per heavy atom. The van der Waals surface area contributed by atoms with Crippen LogP contribution >= 0.6 is 0 Å². The average molecular weight is 288 g/mol. The molecule has 1 atom stereocenters. The lowest BCUT2D eigenvalue weighted by Gasteiger charge is -2.14. The van der Waals surface area contributed by atoms with Gasteiger partial charge in [0.1, 0.15) is 0 Å². The molecule has 4 heteroatoms. The molecular formula is C17H24N2O2. The van der Waals surface area contributed by atoms with Crippen molar-refractivity contribution in [1.82, 2.24) is 4.90 Å². The van der Waals surface area contributed by atoms with Crippen LogP contribution in [0, 0.1) is 5.92 Å². The van der Waals surface area contributed by atoms with Gasteiger partial charge in [-0.1, -0.05) is 12.1 Å². The van der Waals surface area contributed by atoms with E-state index < -0.39 is 0 Å². The van der Waals surface area contributed by atoms with E-state index in [1.54, 1.807) is 6.08 Å². The van der Waals surface area contributed by atoms with E-state index in [-0.39, 0.29) is 12.5 Å². The highest BCUT2D eigenvalue weighted by atomic mass is 16.3. The number of likely N-dealkylation sites (tertiary alicyclic amines) is 1. The van der Waals surface area contributed by atoms with Gasteiger partial charge in [0.05, 0.1) is 0 Å². The van der Waals surface area contributed by atoms with Crippen molar-refractivity contribution >= 4 is 17.7 Å². The lowest BCUT2D eigenvalue weighted by molar-refractivity contribution is -0.125. The summed E-state index contributed by atoms with van der Waals surface area (Å²) in [5.74, 6) is 0.513. The van der Waals surface area contributed by atoms with Gasteiger partial charge in [0.2, 0.25) is 5.91 Å². The smallest absolute Gasteiger partial charge is 0.246 e. The number of aliphatic hydroxyl groups is 1. The Balaban J connectivity index is 1.90. The van der Waals surface area contributed by atoms with Crippen molar-refractivity contribution in [2.45, 2.75) is 12.8 Å². The third kappa shape index (κ3) is 4.33. The molecule has 1 amide bonds. The topological polar surface area (TPSA) is 43.8 Å². The van der Waals surface area contributed by atoms with Crippen molar-refractivity contribution in [3.05, 3.63) is 35.9 Å². The van der Waals surface area contributed by atoms with E-state index in [2.05, 4.69) is 0 Å². The Morgan fingerprint density at radius 3 is 2.71 bits per heavy atom. The van der Waals surface area contributed by atoms with Crippen LogP contribution in [0.1, 0.15) is 18.4 Å². The molecule has 0 aliphatic carbocycles. The third-order valence-corrected chi connectivity index (χ3v) is 3.96. The number of aliphatic hydroxyl groups excluding tert-OH is 1. The van der Waals surface area contributed by atoms with Gasteiger partial charge in [0, 0.05) is 45.6 Å². The second-order valence-electron chi connectivity index (χ2n) is 5.77. The quantitative estimate of drug-likeness (QED) is 0.843. The van der Waals surface area contributed by atoms with Gasteiger partial charge in [0.15, 0.2) is 0 Å². The molecule has 0 radical (unpaired) electrons. The van der Waals surface area contributed by atoms with Crippen LogP contribution in [-0.4, -0.2) is 49.7 Å². The summed E-state index contributed by atoms with van der Waals surface area (Å²) in [6.45, 7) is 1.78. The molecule has 0 spiro atoms. The van der Waals surface area contributed by atoms with E-state index in [1.165, 1.54) is 0 Å². The molecule has 1 heterocycles. The summed E-state index contributed by atoms with van der Waals surface area (Å²) in [6, 6.07) is 8.10. The Hall–Kier alpha value is -1.81. The van der Waals surface area contributed by atoms with E-state index in [0.29, 0.717) is 5.92 Å². The molecule has 0 bridgehead atoms. The van der Waals surface area contributed by atoms with Crippen LogP contribution in [0.2, 0.25) is 0 Å². The van der Waals surface area contributed by atoms with Gasteiger partial charge in [-0.2, -0.15) is 0 Å². The molecule has 1 aliphatic heterocycles. The second kappa shape index (κ2) is 7.27. The van der Waals surface area contributed by atoms with Gasteiger partial charge < -0.3 is 14.9 Å². The maximum absolute atomic E-state index is 12.1. The van der Waals surface area contributed by atoms with Crippen LogP contribution in [0.5, 0.6) is 0 Å². The highest BCUT2D eigenvalue weighted by Crippen LogP contribution is 2.19. The maximum Gasteiger partial charge on any atom is 0.246 e. The summed E-state index contributed by atoms with van der Waals surface area (Å²) < 4.78 is 0. The average Bonchev–Trinajstić information content (AvgIpc) is 2.94. The highest BCUT2D eigenvalue weighted by Gasteiger charge is 2.24. The summed E-state index contributed by atoms with van der Waals surface area (Å²) in [5, 5.41) is 8.94. The first-order chi connectivity index (χ1) is 10.1. The molecule has 1 N–H and O–H groups in total. The predicted molar refractivity (Wildman–Crippen MR) is 86.2 cm³/mol. The summed E-state index contributed by atoms with van der Waals surface area (Å²) in [6.07, 6.45) is 5.30. The van der Waals surface area contributed by atoms with Crippen LogP contribution in [-0.2, 0) is 4.79 Å². The first kappa shape index (κ1) is 15.6. The largest absolute Gasteiger partial charge is 0.396 e. The molecule has 2 rings (SSSR count). The summed E-state index contributed by atoms with van der Waals surface area (Å²) in [7, 11) is 4.01. The van der Waals surface area contributed by atoms with Crippen molar-refractivity contribution in [1.29, 1.82) is 0 Å². The first-order valence-corrected chi connectivity index (χ1v) is 7.45. The Kier molecular flexibility index (Phi) is 5.39. The number of anilines is 1.